The van der Waals surface area contributed by atoms with Crippen LogP contribution in [0, 0.1) is 5.82 Å². The quantitative estimate of drug-likeness (QED) is 0.912. The molecule has 18 heavy (non-hydrogen) atoms. The van der Waals surface area contributed by atoms with Gasteiger partial charge in [-0.3, -0.25) is 4.79 Å². The third kappa shape index (κ3) is 2.57. The Hall–Kier alpha value is -0.940. The number of benzene rings is 1. The highest BCUT2D eigenvalue weighted by molar-refractivity contribution is 9.10. The molecule has 2 rings (SSSR count). The lowest BCUT2D eigenvalue weighted by Crippen LogP contribution is -2.47. The molecule has 1 amide bonds. The van der Waals surface area contributed by atoms with Crippen molar-refractivity contribution in [2.75, 3.05) is 13.1 Å². The van der Waals surface area contributed by atoms with Gasteiger partial charge in [-0.05, 0) is 47.3 Å². The van der Waals surface area contributed by atoms with Crippen molar-refractivity contribution in [3.05, 3.63) is 34.1 Å². The van der Waals surface area contributed by atoms with Gasteiger partial charge in [0, 0.05) is 23.6 Å². The van der Waals surface area contributed by atoms with Gasteiger partial charge in [-0.15, -0.1) is 0 Å². The third-order valence-corrected chi connectivity index (χ3v) is 4.00. The molecular weight excluding hydrogens is 299 g/mol. The molecule has 3 nitrogen and oxygen atoms in total. The number of likely N-dealkylation sites (tertiary alicyclic amines) is 1. The van der Waals surface area contributed by atoms with Crippen molar-refractivity contribution in [1.29, 1.82) is 0 Å². The van der Waals surface area contributed by atoms with Crippen molar-refractivity contribution in [1.82, 2.24) is 4.90 Å². The molecule has 0 aliphatic carbocycles. The number of piperidine rings is 1. The number of hydrogen-bond donors (Lipinski definition) is 1. The summed E-state index contributed by atoms with van der Waals surface area (Å²) in [6, 6.07) is 4.59. The highest BCUT2D eigenvalue weighted by atomic mass is 79.9. The summed E-state index contributed by atoms with van der Waals surface area (Å²) in [7, 11) is 0. The molecule has 0 aromatic heterocycles. The Morgan fingerprint density at radius 3 is 2.94 bits per heavy atom. The molecule has 1 aliphatic heterocycles. The van der Waals surface area contributed by atoms with Gasteiger partial charge in [-0.1, -0.05) is 6.07 Å². The Morgan fingerprint density at radius 2 is 2.28 bits per heavy atom. The van der Waals surface area contributed by atoms with E-state index in [9.17, 15) is 9.18 Å². The third-order valence-electron chi connectivity index (χ3n) is 3.34. The van der Waals surface area contributed by atoms with Crippen LogP contribution in [0.5, 0.6) is 0 Å². The lowest BCUT2D eigenvalue weighted by atomic mass is 10.0. The summed E-state index contributed by atoms with van der Waals surface area (Å²) in [6.45, 7) is 1.08. The molecule has 0 saturated carbocycles. The molecule has 1 saturated heterocycles. The van der Waals surface area contributed by atoms with Crippen LogP contribution >= 0.6 is 15.9 Å². The zero-order valence-electron chi connectivity index (χ0n) is 10.0. The van der Waals surface area contributed by atoms with Gasteiger partial charge in [0.2, 0.25) is 0 Å². The Bertz CT molecular complexity index is 432. The van der Waals surface area contributed by atoms with E-state index in [1.807, 2.05) is 0 Å². The van der Waals surface area contributed by atoms with Crippen LogP contribution in [0.15, 0.2) is 22.7 Å². The van der Waals surface area contributed by atoms with Crippen molar-refractivity contribution in [2.24, 2.45) is 5.73 Å². The smallest absolute Gasteiger partial charge is 0.258 e. The summed E-state index contributed by atoms with van der Waals surface area (Å²) in [6.07, 6.45) is 2.92. The van der Waals surface area contributed by atoms with Crippen LogP contribution in [0.1, 0.15) is 29.6 Å². The zero-order valence-corrected chi connectivity index (χ0v) is 11.6. The molecule has 1 heterocycles. The monoisotopic (exact) mass is 314 g/mol. The molecule has 5 heteroatoms. The highest BCUT2D eigenvalue weighted by Crippen LogP contribution is 2.25. The van der Waals surface area contributed by atoms with Crippen LogP contribution in [0.4, 0.5) is 4.39 Å². The number of halogens is 2. The summed E-state index contributed by atoms with van der Waals surface area (Å²) in [5.74, 6) is -0.758. The fourth-order valence-electron chi connectivity index (χ4n) is 2.36. The summed E-state index contributed by atoms with van der Waals surface area (Å²) in [5, 5.41) is 0. The molecule has 1 aromatic rings. The summed E-state index contributed by atoms with van der Waals surface area (Å²) >= 11 is 3.24. The van der Waals surface area contributed by atoms with Crippen LogP contribution in [0.25, 0.3) is 0 Å². The van der Waals surface area contributed by atoms with Gasteiger partial charge in [0.25, 0.3) is 5.91 Å². The van der Waals surface area contributed by atoms with Crippen LogP contribution in [0.2, 0.25) is 0 Å². The molecule has 1 fully saturated rings. The second-order valence-electron chi connectivity index (χ2n) is 4.48. The number of hydrogen-bond acceptors (Lipinski definition) is 2. The Morgan fingerprint density at radius 1 is 1.50 bits per heavy atom. The fraction of sp³-hybridized carbons (Fsp3) is 0.462. The largest absolute Gasteiger partial charge is 0.334 e. The first-order chi connectivity index (χ1) is 8.65. The topological polar surface area (TPSA) is 46.3 Å². The number of nitrogens with two attached hydrogens (primary N) is 1. The number of rotatable bonds is 2. The van der Waals surface area contributed by atoms with Crippen molar-refractivity contribution >= 4 is 21.8 Å². The van der Waals surface area contributed by atoms with Gasteiger partial charge >= 0.3 is 0 Å². The van der Waals surface area contributed by atoms with Crippen molar-refractivity contribution in [3.8, 4) is 0 Å². The Labute approximate surface area is 114 Å². The standard InChI is InChI=1S/C13H16BrFN2O/c14-10-5-3-6-11(15)12(10)13(18)17-7-2-1-4-9(17)8-16/h3,5-6,9H,1-2,4,7-8,16H2. The minimum Gasteiger partial charge on any atom is -0.334 e. The minimum atomic E-state index is -0.490. The van der Waals surface area contributed by atoms with E-state index in [4.69, 9.17) is 5.73 Å². The van der Waals surface area contributed by atoms with Crippen molar-refractivity contribution in [2.45, 2.75) is 25.3 Å². The van der Waals surface area contributed by atoms with E-state index in [0.29, 0.717) is 17.6 Å². The molecule has 2 N–H and O–H groups in total. The van der Waals surface area contributed by atoms with E-state index in [-0.39, 0.29) is 17.5 Å². The number of amides is 1. The average molecular weight is 315 g/mol. The average Bonchev–Trinajstić information content (AvgIpc) is 2.38. The number of carbonyl (C=O) groups is 1. The molecular formula is C13H16BrFN2O. The first kappa shape index (κ1) is 13.5. The van der Waals surface area contributed by atoms with Gasteiger partial charge in [0.15, 0.2) is 0 Å². The van der Waals surface area contributed by atoms with Gasteiger partial charge < -0.3 is 10.6 Å². The van der Waals surface area contributed by atoms with Crippen LogP contribution in [0.3, 0.4) is 0 Å². The minimum absolute atomic E-state index is 0.0257. The SMILES string of the molecule is NCC1CCCCN1C(=O)c1c(F)cccc1Br. The second kappa shape index (κ2) is 5.80. The van der Waals surface area contributed by atoms with E-state index in [1.165, 1.54) is 6.07 Å². The first-order valence-corrected chi connectivity index (χ1v) is 6.89. The molecule has 1 atom stereocenters. The van der Waals surface area contributed by atoms with Gasteiger partial charge in [-0.25, -0.2) is 4.39 Å². The van der Waals surface area contributed by atoms with Gasteiger partial charge in [0.05, 0.1) is 5.56 Å². The maximum atomic E-state index is 13.8. The van der Waals surface area contributed by atoms with E-state index >= 15 is 0 Å². The molecule has 0 spiro atoms. The molecule has 98 valence electrons. The lowest BCUT2D eigenvalue weighted by molar-refractivity contribution is 0.0617. The molecule has 1 aromatic carbocycles. The van der Waals surface area contributed by atoms with Crippen molar-refractivity contribution < 1.29 is 9.18 Å². The van der Waals surface area contributed by atoms with Gasteiger partial charge in [-0.2, -0.15) is 0 Å². The molecule has 0 radical (unpaired) electrons. The Balaban J connectivity index is 2.30. The zero-order chi connectivity index (χ0) is 13.1. The predicted molar refractivity (Wildman–Crippen MR) is 71.8 cm³/mol. The molecule has 0 bridgehead atoms. The van der Waals surface area contributed by atoms with Crippen molar-refractivity contribution in [3.63, 3.8) is 0 Å². The first-order valence-electron chi connectivity index (χ1n) is 6.10. The summed E-state index contributed by atoms with van der Waals surface area (Å²) in [5.41, 5.74) is 5.80. The lowest BCUT2D eigenvalue weighted by Gasteiger charge is -2.35. The highest BCUT2D eigenvalue weighted by Gasteiger charge is 2.29. The number of carbonyl (C=O) groups excluding carboxylic acids is 1. The van der Waals surface area contributed by atoms with E-state index in [2.05, 4.69) is 15.9 Å². The maximum Gasteiger partial charge on any atom is 0.258 e. The number of nitrogens with zero attached hydrogens (tertiary/aromatic N) is 1. The van der Waals surface area contributed by atoms with Crippen LogP contribution in [-0.4, -0.2) is 29.9 Å². The predicted octanol–water partition coefficient (Wildman–Crippen LogP) is 2.54. The summed E-state index contributed by atoms with van der Waals surface area (Å²) < 4.78 is 14.3. The van der Waals surface area contributed by atoms with E-state index in [0.717, 1.165) is 19.3 Å². The molecule has 1 aliphatic rings. The summed E-state index contributed by atoms with van der Waals surface area (Å²) in [4.78, 5) is 14.1. The van der Waals surface area contributed by atoms with Gasteiger partial charge in [0.1, 0.15) is 5.82 Å². The second-order valence-corrected chi connectivity index (χ2v) is 5.33. The van der Waals surface area contributed by atoms with E-state index < -0.39 is 5.82 Å². The normalized spacial score (nSPS) is 19.9. The van der Waals surface area contributed by atoms with Crippen LogP contribution < -0.4 is 5.73 Å². The molecule has 1 unspecified atom stereocenters. The maximum absolute atomic E-state index is 13.8. The van der Waals surface area contributed by atoms with Crippen LogP contribution in [-0.2, 0) is 0 Å². The fourth-order valence-corrected chi connectivity index (χ4v) is 2.87. The van der Waals surface area contributed by atoms with E-state index in [1.54, 1.807) is 17.0 Å². The Kier molecular flexibility index (Phi) is 4.35.